The van der Waals surface area contributed by atoms with E-state index in [1.54, 1.807) is 12.1 Å². The van der Waals surface area contributed by atoms with Gasteiger partial charge in [-0.15, -0.1) is 0 Å². The maximum Gasteiger partial charge on any atom is 0.133 e. The molecular weight excluding hydrogens is 264 g/mol. The van der Waals surface area contributed by atoms with Crippen LogP contribution in [0.4, 0.5) is 0 Å². The van der Waals surface area contributed by atoms with Gasteiger partial charge in [0.15, 0.2) is 0 Å². The van der Waals surface area contributed by atoms with Crippen molar-refractivity contribution in [1.29, 1.82) is 5.26 Å². The number of nitrogens with two attached hydrogens (primary N) is 1. The molecule has 0 saturated heterocycles. The molecule has 21 heavy (non-hydrogen) atoms. The van der Waals surface area contributed by atoms with Crippen LogP contribution in [-0.4, -0.2) is 11.7 Å². The minimum Gasteiger partial charge on any atom is -0.493 e. The van der Waals surface area contributed by atoms with Gasteiger partial charge in [-0.25, -0.2) is 0 Å². The number of nitriles is 1. The lowest BCUT2D eigenvalue weighted by Crippen LogP contribution is -2.36. The summed E-state index contributed by atoms with van der Waals surface area (Å²) >= 11 is 0. The molecule has 0 aliphatic rings. The summed E-state index contributed by atoms with van der Waals surface area (Å²) in [5.41, 5.74) is 6.58. The monoisotopic (exact) mass is 282 g/mol. The minimum atomic E-state index is -1.07. The van der Waals surface area contributed by atoms with Crippen LogP contribution in [0.25, 0.3) is 0 Å². The number of rotatable bonds is 6. The van der Waals surface area contributed by atoms with Crippen LogP contribution in [0, 0.1) is 11.3 Å². The highest BCUT2D eigenvalue weighted by Gasteiger charge is 2.26. The van der Waals surface area contributed by atoms with E-state index in [0.717, 1.165) is 11.1 Å². The number of aliphatic hydroxyl groups is 1. The minimum absolute atomic E-state index is 0.0825. The second-order valence-corrected chi connectivity index (χ2v) is 4.81. The average Bonchev–Trinajstić information content (AvgIpc) is 2.56. The van der Waals surface area contributed by atoms with Gasteiger partial charge in [0, 0.05) is 12.0 Å². The molecule has 0 fully saturated rings. The fourth-order valence-corrected chi connectivity index (χ4v) is 2.10. The molecule has 3 N–H and O–H groups in total. The summed E-state index contributed by atoms with van der Waals surface area (Å²) in [5, 5.41) is 18.6. The van der Waals surface area contributed by atoms with Crippen LogP contribution in [-0.2, 0) is 12.1 Å². The van der Waals surface area contributed by atoms with E-state index in [4.69, 9.17) is 10.5 Å². The summed E-state index contributed by atoms with van der Waals surface area (Å²) in [6.07, 6.45) is 0.368. The molecule has 1 atom stereocenters. The third-order valence-electron chi connectivity index (χ3n) is 3.39. The smallest absolute Gasteiger partial charge is 0.133 e. The van der Waals surface area contributed by atoms with E-state index in [1.807, 2.05) is 42.5 Å². The zero-order chi connectivity index (χ0) is 15.1. The van der Waals surface area contributed by atoms with Gasteiger partial charge in [0.25, 0.3) is 0 Å². The van der Waals surface area contributed by atoms with Crippen molar-refractivity contribution in [2.45, 2.75) is 18.6 Å². The maximum atomic E-state index is 9.37. The molecule has 0 radical (unpaired) electrons. The molecule has 0 bridgehead atoms. The molecule has 0 amide bonds. The quantitative estimate of drug-likeness (QED) is 0.852. The number of hydrogen-bond donors (Lipinski definition) is 2. The molecule has 2 aromatic rings. The van der Waals surface area contributed by atoms with E-state index in [0.29, 0.717) is 18.8 Å². The summed E-state index contributed by atoms with van der Waals surface area (Å²) in [6.45, 7) is 0.219. The maximum absolute atomic E-state index is 9.37. The molecule has 1 unspecified atom stereocenters. The van der Waals surface area contributed by atoms with Gasteiger partial charge < -0.3 is 15.6 Å². The molecule has 4 heteroatoms. The third kappa shape index (κ3) is 3.60. The Kier molecular flexibility index (Phi) is 4.94. The van der Waals surface area contributed by atoms with Gasteiger partial charge in [0.05, 0.1) is 19.3 Å². The van der Waals surface area contributed by atoms with E-state index in [-0.39, 0.29) is 6.61 Å². The van der Waals surface area contributed by atoms with Gasteiger partial charge in [-0.05, 0) is 11.6 Å². The Labute approximate surface area is 124 Å². The van der Waals surface area contributed by atoms with Crippen molar-refractivity contribution in [1.82, 2.24) is 0 Å². The molecule has 0 saturated carbocycles. The Morgan fingerprint density at radius 1 is 1.10 bits per heavy atom. The van der Waals surface area contributed by atoms with Crippen LogP contribution in [0.3, 0.4) is 0 Å². The largest absolute Gasteiger partial charge is 0.493 e. The summed E-state index contributed by atoms with van der Waals surface area (Å²) in [6, 6.07) is 18.7. The van der Waals surface area contributed by atoms with Gasteiger partial charge in [0.1, 0.15) is 11.3 Å². The van der Waals surface area contributed by atoms with Gasteiger partial charge in [-0.2, -0.15) is 5.26 Å². The Hall–Kier alpha value is -2.35. The van der Waals surface area contributed by atoms with Gasteiger partial charge in [-0.1, -0.05) is 48.5 Å². The topological polar surface area (TPSA) is 79.3 Å². The number of nitrogens with zero attached hydrogens (tertiary/aromatic N) is 1. The molecule has 0 aliphatic carbocycles. The molecule has 0 spiro atoms. The van der Waals surface area contributed by atoms with Gasteiger partial charge in [-0.3, -0.25) is 0 Å². The average molecular weight is 282 g/mol. The zero-order valence-electron chi connectivity index (χ0n) is 11.7. The highest BCUT2D eigenvalue weighted by Crippen LogP contribution is 2.23. The van der Waals surface area contributed by atoms with E-state index < -0.39 is 5.54 Å². The van der Waals surface area contributed by atoms with Gasteiger partial charge >= 0.3 is 0 Å². The first-order valence-corrected chi connectivity index (χ1v) is 6.77. The molecule has 108 valence electrons. The first kappa shape index (κ1) is 15.0. The molecule has 2 rings (SSSR count). The zero-order valence-corrected chi connectivity index (χ0v) is 11.7. The van der Waals surface area contributed by atoms with Crippen molar-refractivity contribution >= 4 is 0 Å². The lowest BCUT2D eigenvalue weighted by Gasteiger charge is -2.22. The molecule has 0 aromatic heterocycles. The van der Waals surface area contributed by atoms with Crippen LogP contribution in [0.5, 0.6) is 5.75 Å². The summed E-state index contributed by atoms with van der Waals surface area (Å²) in [5.74, 6) is 0.619. The predicted molar refractivity (Wildman–Crippen MR) is 80.4 cm³/mol. The molecule has 2 aromatic carbocycles. The summed E-state index contributed by atoms with van der Waals surface area (Å²) in [4.78, 5) is 0. The molecule has 0 heterocycles. The van der Waals surface area contributed by atoms with Crippen LogP contribution in [0.1, 0.15) is 17.5 Å². The standard InChI is InChI=1S/C17H18N2O2/c18-13-17(19,15-7-2-1-3-8-15)10-11-21-16-9-5-4-6-14(16)12-20/h1-9,20H,10-12,19H2. The van der Waals surface area contributed by atoms with E-state index in [1.165, 1.54) is 0 Å². The Morgan fingerprint density at radius 3 is 2.43 bits per heavy atom. The van der Waals surface area contributed by atoms with Crippen molar-refractivity contribution in [2.24, 2.45) is 5.73 Å². The number of para-hydroxylation sites is 1. The second-order valence-electron chi connectivity index (χ2n) is 4.81. The van der Waals surface area contributed by atoms with E-state index in [2.05, 4.69) is 6.07 Å². The van der Waals surface area contributed by atoms with Gasteiger partial charge in [0.2, 0.25) is 0 Å². The van der Waals surface area contributed by atoms with Crippen LogP contribution >= 0.6 is 0 Å². The van der Waals surface area contributed by atoms with Crippen molar-refractivity contribution in [3.05, 3.63) is 65.7 Å². The lowest BCUT2D eigenvalue weighted by atomic mass is 9.89. The number of aliphatic hydroxyl groups excluding tert-OH is 1. The number of ether oxygens (including phenoxy) is 1. The van der Waals surface area contributed by atoms with Crippen molar-refractivity contribution < 1.29 is 9.84 Å². The van der Waals surface area contributed by atoms with E-state index >= 15 is 0 Å². The molecule has 0 aliphatic heterocycles. The normalized spacial score (nSPS) is 13.2. The molecule has 4 nitrogen and oxygen atoms in total. The number of hydrogen-bond acceptors (Lipinski definition) is 4. The van der Waals surface area contributed by atoms with Crippen molar-refractivity contribution in [3.8, 4) is 11.8 Å². The predicted octanol–water partition coefficient (Wildman–Crippen LogP) is 2.33. The lowest BCUT2D eigenvalue weighted by molar-refractivity contribution is 0.252. The highest BCUT2D eigenvalue weighted by molar-refractivity contribution is 5.33. The summed E-state index contributed by atoms with van der Waals surface area (Å²) < 4.78 is 5.66. The highest BCUT2D eigenvalue weighted by atomic mass is 16.5. The van der Waals surface area contributed by atoms with Crippen LogP contribution in [0.2, 0.25) is 0 Å². The fraction of sp³-hybridized carbons (Fsp3) is 0.235. The molecular formula is C17H18N2O2. The Balaban J connectivity index is 2.03. The van der Waals surface area contributed by atoms with Crippen molar-refractivity contribution in [3.63, 3.8) is 0 Å². The fourth-order valence-electron chi connectivity index (χ4n) is 2.10. The van der Waals surface area contributed by atoms with E-state index in [9.17, 15) is 10.4 Å². The first-order valence-electron chi connectivity index (χ1n) is 6.77. The SMILES string of the molecule is N#CC(N)(CCOc1ccccc1CO)c1ccccc1. The van der Waals surface area contributed by atoms with Crippen LogP contribution < -0.4 is 10.5 Å². The third-order valence-corrected chi connectivity index (χ3v) is 3.39. The van der Waals surface area contributed by atoms with Crippen molar-refractivity contribution in [2.75, 3.05) is 6.61 Å². The first-order chi connectivity index (χ1) is 10.2. The number of benzene rings is 2. The Morgan fingerprint density at radius 2 is 1.76 bits per heavy atom. The summed E-state index contributed by atoms with van der Waals surface area (Å²) in [7, 11) is 0. The Bertz CT molecular complexity index is 622. The second kappa shape index (κ2) is 6.89. The van der Waals surface area contributed by atoms with Crippen LogP contribution in [0.15, 0.2) is 54.6 Å².